The van der Waals surface area contributed by atoms with Crippen LogP contribution >= 0.6 is 0 Å². The molecule has 7 heteroatoms. The second kappa shape index (κ2) is 5.94. The van der Waals surface area contributed by atoms with Crippen LogP contribution in [0.1, 0.15) is 37.3 Å². The van der Waals surface area contributed by atoms with Crippen molar-refractivity contribution in [1.82, 2.24) is 19.6 Å². The summed E-state index contributed by atoms with van der Waals surface area (Å²) in [5.74, 6) is 1.14. The number of ether oxygens (including phenoxy) is 1. The number of aromatic nitrogens is 4. The van der Waals surface area contributed by atoms with Crippen molar-refractivity contribution in [2.24, 2.45) is 0 Å². The molecule has 7 nitrogen and oxygen atoms in total. The molecule has 2 rings (SSSR count). The first-order chi connectivity index (χ1) is 9.21. The molecule has 0 amide bonds. The molecule has 0 aliphatic rings. The third kappa shape index (κ3) is 2.66. The molecule has 1 atom stereocenters. The number of H-pyrrole nitrogens is 1. The Balaban J connectivity index is 2.48. The lowest BCUT2D eigenvalue weighted by Crippen LogP contribution is -2.18. The van der Waals surface area contributed by atoms with Crippen LogP contribution in [0.15, 0.2) is 11.0 Å². The maximum absolute atomic E-state index is 11.8. The quantitative estimate of drug-likeness (QED) is 0.791. The van der Waals surface area contributed by atoms with E-state index in [1.807, 2.05) is 0 Å². The molecule has 1 unspecified atom stereocenters. The van der Waals surface area contributed by atoms with Gasteiger partial charge in [0.05, 0.1) is 6.20 Å². The van der Waals surface area contributed by atoms with Crippen LogP contribution in [-0.4, -0.2) is 38.4 Å². The van der Waals surface area contributed by atoms with E-state index in [-0.39, 0.29) is 23.9 Å². The highest BCUT2D eigenvalue weighted by atomic mass is 16.5. The van der Waals surface area contributed by atoms with Crippen molar-refractivity contribution >= 4 is 5.52 Å². The predicted octanol–water partition coefficient (Wildman–Crippen LogP) is 0.440. The molecule has 2 aromatic rings. The molecule has 104 valence electrons. The third-order valence-corrected chi connectivity index (χ3v) is 3.15. The fraction of sp³-hybridized carbons (Fsp3) is 0.583. The van der Waals surface area contributed by atoms with Gasteiger partial charge in [-0.15, -0.1) is 0 Å². The van der Waals surface area contributed by atoms with Crippen molar-refractivity contribution in [3.63, 3.8) is 0 Å². The smallest absolute Gasteiger partial charge is 0.277 e. The second-order valence-corrected chi connectivity index (χ2v) is 4.36. The van der Waals surface area contributed by atoms with E-state index in [2.05, 4.69) is 22.0 Å². The van der Waals surface area contributed by atoms with Crippen molar-refractivity contribution in [2.75, 3.05) is 13.7 Å². The topological polar surface area (TPSA) is 92.5 Å². The minimum Gasteiger partial charge on any atom is -0.388 e. The minimum atomic E-state index is -0.308. The van der Waals surface area contributed by atoms with E-state index in [0.29, 0.717) is 12.1 Å². The fourth-order valence-electron chi connectivity index (χ4n) is 2.09. The van der Waals surface area contributed by atoms with Crippen LogP contribution in [0.4, 0.5) is 0 Å². The van der Waals surface area contributed by atoms with Gasteiger partial charge >= 0.3 is 0 Å². The van der Waals surface area contributed by atoms with Crippen LogP contribution in [0, 0.1) is 0 Å². The zero-order chi connectivity index (χ0) is 13.8. The van der Waals surface area contributed by atoms with Gasteiger partial charge in [0.1, 0.15) is 12.4 Å². The van der Waals surface area contributed by atoms with Crippen LogP contribution in [0.3, 0.4) is 0 Å². The summed E-state index contributed by atoms with van der Waals surface area (Å²) in [4.78, 5) is 18.6. The van der Waals surface area contributed by atoms with Gasteiger partial charge < -0.3 is 14.8 Å². The highest BCUT2D eigenvalue weighted by molar-refractivity contribution is 5.42. The SMILES string of the molecule is CCC(CCOC)c1ncc2c(=O)[nH]c(CO)nn12. The lowest BCUT2D eigenvalue weighted by atomic mass is 10.0. The van der Waals surface area contributed by atoms with Crippen molar-refractivity contribution < 1.29 is 9.84 Å². The molecule has 2 heterocycles. The van der Waals surface area contributed by atoms with Crippen molar-refractivity contribution in [3.8, 4) is 0 Å². The van der Waals surface area contributed by atoms with Gasteiger partial charge in [-0.3, -0.25) is 4.79 Å². The number of nitrogens with zero attached hydrogens (tertiary/aromatic N) is 3. The number of hydrogen-bond acceptors (Lipinski definition) is 5. The first-order valence-electron chi connectivity index (χ1n) is 6.27. The Morgan fingerprint density at radius 3 is 3.00 bits per heavy atom. The van der Waals surface area contributed by atoms with Gasteiger partial charge in [-0.1, -0.05) is 6.92 Å². The predicted molar refractivity (Wildman–Crippen MR) is 69.1 cm³/mol. The summed E-state index contributed by atoms with van der Waals surface area (Å²) in [6, 6.07) is 0. The molecule has 0 aliphatic carbocycles. The highest BCUT2D eigenvalue weighted by Gasteiger charge is 2.17. The van der Waals surface area contributed by atoms with Crippen molar-refractivity contribution in [3.05, 3.63) is 28.2 Å². The summed E-state index contributed by atoms with van der Waals surface area (Å²) in [5.41, 5.74) is 0.0995. The first-order valence-corrected chi connectivity index (χ1v) is 6.27. The van der Waals surface area contributed by atoms with Crippen molar-refractivity contribution in [2.45, 2.75) is 32.3 Å². The minimum absolute atomic E-state index is 0.170. The summed E-state index contributed by atoms with van der Waals surface area (Å²) in [6.07, 6.45) is 3.21. The lowest BCUT2D eigenvalue weighted by Gasteiger charge is -2.12. The molecule has 0 bridgehead atoms. The molecule has 0 aliphatic heterocycles. The summed E-state index contributed by atoms with van der Waals surface area (Å²) < 4.78 is 6.61. The lowest BCUT2D eigenvalue weighted by molar-refractivity contribution is 0.185. The summed E-state index contributed by atoms with van der Waals surface area (Å²) in [6.45, 7) is 2.38. The fourth-order valence-corrected chi connectivity index (χ4v) is 2.09. The normalized spacial score (nSPS) is 13.0. The third-order valence-electron chi connectivity index (χ3n) is 3.15. The Morgan fingerprint density at radius 2 is 2.37 bits per heavy atom. The monoisotopic (exact) mass is 266 g/mol. The first kappa shape index (κ1) is 13.7. The Bertz CT molecular complexity index is 605. The maximum atomic E-state index is 11.8. The molecular formula is C12H18N4O3. The second-order valence-electron chi connectivity index (χ2n) is 4.36. The number of imidazole rings is 1. The van der Waals surface area contributed by atoms with E-state index in [4.69, 9.17) is 9.84 Å². The molecule has 2 aromatic heterocycles. The van der Waals surface area contributed by atoms with Gasteiger partial charge in [-0.2, -0.15) is 5.10 Å². The average Bonchev–Trinajstić information content (AvgIpc) is 2.84. The number of aliphatic hydroxyl groups is 1. The van der Waals surface area contributed by atoms with Crippen LogP contribution in [0.2, 0.25) is 0 Å². The van der Waals surface area contributed by atoms with Crippen LogP contribution in [0.25, 0.3) is 5.52 Å². The van der Waals surface area contributed by atoms with Crippen LogP contribution < -0.4 is 5.56 Å². The molecule has 19 heavy (non-hydrogen) atoms. The number of nitrogens with one attached hydrogen (secondary N) is 1. The van der Waals surface area contributed by atoms with E-state index in [9.17, 15) is 4.79 Å². The molecule has 0 fully saturated rings. The van der Waals surface area contributed by atoms with Crippen molar-refractivity contribution in [1.29, 1.82) is 0 Å². The molecule has 0 spiro atoms. The van der Waals surface area contributed by atoms with Gasteiger partial charge in [0.2, 0.25) is 0 Å². The van der Waals surface area contributed by atoms with E-state index < -0.39 is 0 Å². The Labute approximate surface area is 110 Å². The van der Waals surface area contributed by atoms with Gasteiger partial charge in [0.15, 0.2) is 11.3 Å². The van der Waals surface area contributed by atoms with Crippen LogP contribution in [-0.2, 0) is 11.3 Å². The van der Waals surface area contributed by atoms with Crippen LogP contribution in [0.5, 0.6) is 0 Å². The van der Waals surface area contributed by atoms with E-state index in [1.165, 1.54) is 10.7 Å². The zero-order valence-corrected chi connectivity index (χ0v) is 11.1. The molecule has 2 N–H and O–H groups in total. The number of aromatic amines is 1. The number of rotatable bonds is 6. The summed E-state index contributed by atoms with van der Waals surface area (Å²) in [5, 5.41) is 13.3. The van der Waals surface area contributed by atoms with E-state index >= 15 is 0 Å². The molecule has 0 saturated carbocycles. The number of methoxy groups -OCH3 is 1. The Morgan fingerprint density at radius 1 is 1.58 bits per heavy atom. The molecule has 0 aromatic carbocycles. The number of aliphatic hydroxyl groups excluding tert-OH is 1. The number of hydrogen-bond donors (Lipinski definition) is 2. The highest BCUT2D eigenvalue weighted by Crippen LogP contribution is 2.21. The molecular weight excluding hydrogens is 248 g/mol. The average molecular weight is 266 g/mol. The number of fused-ring (bicyclic) bond motifs is 1. The maximum Gasteiger partial charge on any atom is 0.277 e. The van der Waals surface area contributed by atoms with E-state index in [1.54, 1.807) is 7.11 Å². The van der Waals surface area contributed by atoms with Gasteiger partial charge in [-0.25, -0.2) is 9.50 Å². The summed E-state index contributed by atoms with van der Waals surface area (Å²) in [7, 11) is 1.66. The molecule has 0 saturated heterocycles. The zero-order valence-electron chi connectivity index (χ0n) is 11.1. The Kier molecular flexibility index (Phi) is 4.28. The van der Waals surface area contributed by atoms with Gasteiger partial charge in [-0.05, 0) is 12.8 Å². The van der Waals surface area contributed by atoms with Gasteiger partial charge in [0.25, 0.3) is 5.56 Å². The van der Waals surface area contributed by atoms with Gasteiger partial charge in [0, 0.05) is 19.6 Å². The molecule has 0 radical (unpaired) electrons. The largest absolute Gasteiger partial charge is 0.388 e. The standard InChI is InChI=1S/C12H18N4O3/c1-3-8(4-5-19-2)11-13-6-9-12(18)14-10(7-17)15-16(9)11/h6,8,17H,3-5,7H2,1-2H3,(H,14,15,18). The Hall–Kier alpha value is -1.73. The van der Waals surface area contributed by atoms with E-state index in [0.717, 1.165) is 18.7 Å². The summed E-state index contributed by atoms with van der Waals surface area (Å²) >= 11 is 0.